The lowest BCUT2D eigenvalue weighted by Crippen LogP contribution is -2.52. The zero-order chi connectivity index (χ0) is 15.9. The fraction of sp³-hybridized carbons (Fsp3) is 0.278. The molecule has 0 unspecified atom stereocenters. The van der Waals surface area contributed by atoms with Crippen molar-refractivity contribution < 1.29 is 9.53 Å². The van der Waals surface area contributed by atoms with Crippen molar-refractivity contribution in [3.8, 4) is 5.75 Å². The van der Waals surface area contributed by atoms with Crippen LogP contribution in [0.5, 0.6) is 5.75 Å². The standard InChI is InChI=1S/C18H20N2O2/c1-12-6-4-5-7-13(12)11-20-15-9-8-14(19)10-16(15)22-18(2,3)17(20)21/h4-10H,11,19H2,1-3H3. The van der Waals surface area contributed by atoms with Gasteiger partial charge in [-0.05, 0) is 44.0 Å². The molecule has 1 amide bonds. The van der Waals surface area contributed by atoms with Crippen molar-refractivity contribution in [1.82, 2.24) is 0 Å². The Morgan fingerprint density at radius 3 is 2.64 bits per heavy atom. The quantitative estimate of drug-likeness (QED) is 0.865. The van der Waals surface area contributed by atoms with Gasteiger partial charge in [-0.25, -0.2) is 0 Å². The second-order valence-electron chi connectivity index (χ2n) is 6.16. The van der Waals surface area contributed by atoms with Gasteiger partial charge in [-0.3, -0.25) is 4.79 Å². The topological polar surface area (TPSA) is 55.6 Å². The summed E-state index contributed by atoms with van der Waals surface area (Å²) in [5.74, 6) is 0.603. The van der Waals surface area contributed by atoms with E-state index in [1.54, 1.807) is 30.9 Å². The molecule has 22 heavy (non-hydrogen) atoms. The Morgan fingerprint density at radius 1 is 1.18 bits per heavy atom. The molecule has 1 aliphatic rings. The highest BCUT2D eigenvalue weighted by Gasteiger charge is 2.40. The number of carbonyl (C=O) groups is 1. The Labute approximate surface area is 130 Å². The fourth-order valence-electron chi connectivity index (χ4n) is 2.70. The smallest absolute Gasteiger partial charge is 0.271 e. The summed E-state index contributed by atoms with van der Waals surface area (Å²) in [6.45, 7) is 6.14. The number of nitrogens with zero attached hydrogens (tertiary/aromatic N) is 1. The molecule has 0 radical (unpaired) electrons. The molecule has 1 aliphatic heterocycles. The van der Waals surface area contributed by atoms with E-state index in [1.165, 1.54) is 0 Å². The van der Waals surface area contributed by atoms with E-state index in [-0.39, 0.29) is 5.91 Å². The summed E-state index contributed by atoms with van der Waals surface area (Å²) in [6, 6.07) is 13.5. The fourth-order valence-corrected chi connectivity index (χ4v) is 2.70. The average molecular weight is 296 g/mol. The Hall–Kier alpha value is -2.49. The number of nitrogens with two attached hydrogens (primary N) is 1. The first-order valence-electron chi connectivity index (χ1n) is 7.33. The van der Waals surface area contributed by atoms with E-state index in [2.05, 4.69) is 13.0 Å². The molecular formula is C18H20N2O2. The van der Waals surface area contributed by atoms with Crippen LogP contribution in [0, 0.1) is 6.92 Å². The van der Waals surface area contributed by atoms with Crippen LogP contribution >= 0.6 is 0 Å². The maximum atomic E-state index is 12.8. The van der Waals surface area contributed by atoms with Crippen LogP contribution in [0.2, 0.25) is 0 Å². The normalized spacial score (nSPS) is 16.1. The van der Waals surface area contributed by atoms with Crippen LogP contribution in [-0.2, 0) is 11.3 Å². The predicted molar refractivity (Wildman–Crippen MR) is 87.9 cm³/mol. The van der Waals surface area contributed by atoms with Gasteiger partial charge in [0.1, 0.15) is 5.75 Å². The van der Waals surface area contributed by atoms with Gasteiger partial charge in [0.25, 0.3) is 5.91 Å². The third-order valence-corrected chi connectivity index (χ3v) is 3.99. The zero-order valence-corrected chi connectivity index (χ0v) is 13.1. The van der Waals surface area contributed by atoms with Gasteiger partial charge in [-0.1, -0.05) is 24.3 Å². The van der Waals surface area contributed by atoms with Gasteiger partial charge in [-0.2, -0.15) is 0 Å². The number of ether oxygens (including phenoxy) is 1. The van der Waals surface area contributed by atoms with E-state index in [4.69, 9.17) is 10.5 Å². The van der Waals surface area contributed by atoms with Gasteiger partial charge in [0, 0.05) is 11.8 Å². The number of aryl methyl sites for hydroxylation is 1. The number of anilines is 2. The molecule has 2 aromatic rings. The van der Waals surface area contributed by atoms with Gasteiger partial charge < -0.3 is 15.4 Å². The number of benzene rings is 2. The van der Waals surface area contributed by atoms with Crippen LogP contribution in [0.1, 0.15) is 25.0 Å². The molecule has 3 rings (SSSR count). The molecule has 0 bridgehead atoms. The molecule has 0 atom stereocenters. The zero-order valence-electron chi connectivity index (χ0n) is 13.1. The van der Waals surface area contributed by atoms with Crippen LogP contribution in [0.25, 0.3) is 0 Å². The van der Waals surface area contributed by atoms with Gasteiger partial charge in [0.15, 0.2) is 5.60 Å². The van der Waals surface area contributed by atoms with Crippen molar-refractivity contribution in [3.63, 3.8) is 0 Å². The van der Waals surface area contributed by atoms with E-state index in [0.717, 1.165) is 16.8 Å². The van der Waals surface area contributed by atoms with E-state index in [0.29, 0.717) is 18.0 Å². The molecule has 0 fully saturated rings. The Balaban J connectivity index is 2.06. The predicted octanol–water partition coefficient (Wildman–Crippen LogP) is 3.28. The number of fused-ring (bicyclic) bond motifs is 1. The van der Waals surface area contributed by atoms with E-state index < -0.39 is 5.60 Å². The molecule has 0 saturated heterocycles. The summed E-state index contributed by atoms with van der Waals surface area (Å²) >= 11 is 0. The van der Waals surface area contributed by atoms with Gasteiger partial charge in [-0.15, -0.1) is 0 Å². The summed E-state index contributed by atoms with van der Waals surface area (Å²) in [4.78, 5) is 14.6. The first-order chi connectivity index (χ1) is 10.4. The number of rotatable bonds is 2. The largest absolute Gasteiger partial charge is 0.476 e. The highest BCUT2D eigenvalue weighted by atomic mass is 16.5. The Morgan fingerprint density at radius 2 is 1.91 bits per heavy atom. The summed E-state index contributed by atoms with van der Waals surface area (Å²) < 4.78 is 5.84. The highest BCUT2D eigenvalue weighted by Crippen LogP contribution is 2.39. The second kappa shape index (κ2) is 5.05. The van der Waals surface area contributed by atoms with Gasteiger partial charge in [0.2, 0.25) is 0 Å². The first kappa shape index (κ1) is 14.4. The van der Waals surface area contributed by atoms with Crippen LogP contribution in [0.15, 0.2) is 42.5 Å². The molecule has 4 nitrogen and oxygen atoms in total. The third-order valence-electron chi connectivity index (χ3n) is 3.99. The number of amides is 1. The van der Waals surface area contributed by atoms with Crippen LogP contribution in [-0.4, -0.2) is 11.5 Å². The van der Waals surface area contributed by atoms with Crippen LogP contribution in [0.3, 0.4) is 0 Å². The minimum Gasteiger partial charge on any atom is -0.476 e. The minimum absolute atomic E-state index is 0.0481. The molecule has 114 valence electrons. The summed E-state index contributed by atoms with van der Waals surface area (Å²) in [6.07, 6.45) is 0. The van der Waals surface area contributed by atoms with Gasteiger partial charge in [0.05, 0.1) is 12.2 Å². The summed E-state index contributed by atoms with van der Waals surface area (Å²) in [7, 11) is 0. The number of hydrogen-bond donors (Lipinski definition) is 1. The Bertz CT molecular complexity index is 738. The van der Waals surface area contributed by atoms with Crippen LogP contribution < -0.4 is 15.4 Å². The second-order valence-corrected chi connectivity index (χ2v) is 6.16. The molecule has 2 aromatic carbocycles. The van der Waals surface area contributed by atoms with Crippen molar-refractivity contribution >= 4 is 17.3 Å². The van der Waals surface area contributed by atoms with Crippen molar-refractivity contribution in [1.29, 1.82) is 0 Å². The Kier molecular flexibility index (Phi) is 3.32. The number of nitrogen functional groups attached to an aromatic ring is 1. The first-order valence-corrected chi connectivity index (χ1v) is 7.33. The van der Waals surface area contributed by atoms with E-state index in [9.17, 15) is 4.79 Å². The maximum absolute atomic E-state index is 12.8. The van der Waals surface area contributed by atoms with Crippen molar-refractivity contribution in [2.24, 2.45) is 0 Å². The lowest BCUT2D eigenvalue weighted by molar-refractivity contribution is -0.132. The monoisotopic (exact) mass is 296 g/mol. The molecular weight excluding hydrogens is 276 g/mol. The highest BCUT2D eigenvalue weighted by molar-refractivity contribution is 6.02. The number of hydrogen-bond acceptors (Lipinski definition) is 3. The average Bonchev–Trinajstić information content (AvgIpc) is 2.45. The molecule has 0 aliphatic carbocycles. The lowest BCUT2D eigenvalue weighted by atomic mass is 10.0. The summed E-state index contributed by atoms with van der Waals surface area (Å²) in [5, 5.41) is 0. The molecule has 0 saturated carbocycles. The molecule has 4 heteroatoms. The molecule has 0 aromatic heterocycles. The van der Waals surface area contributed by atoms with Crippen molar-refractivity contribution in [2.75, 3.05) is 10.6 Å². The minimum atomic E-state index is -0.899. The summed E-state index contributed by atoms with van der Waals surface area (Å²) in [5.41, 5.74) is 8.62. The van der Waals surface area contributed by atoms with E-state index >= 15 is 0 Å². The SMILES string of the molecule is Cc1ccccc1CN1C(=O)C(C)(C)Oc2cc(N)ccc21. The number of carbonyl (C=O) groups excluding carboxylic acids is 1. The third kappa shape index (κ3) is 2.41. The van der Waals surface area contributed by atoms with Gasteiger partial charge >= 0.3 is 0 Å². The van der Waals surface area contributed by atoms with Crippen molar-refractivity contribution in [2.45, 2.75) is 32.9 Å². The lowest BCUT2D eigenvalue weighted by Gasteiger charge is -2.39. The molecule has 1 heterocycles. The van der Waals surface area contributed by atoms with Crippen molar-refractivity contribution in [3.05, 3.63) is 53.6 Å². The molecule has 0 spiro atoms. The van der Waals surface area contributed by atoms with E-state index in [1.807, 2.05) is 24.3 Å². The molecule has 2 N–H and O–H groups in total. The maximum Gasteiger partial charge on any atom is 0.271 e. The van der Waals surface area contributed by atoms with Crippen LogP contribution in [0.4, 0.5) is 11.4 Å².